The lowest BCUT2D eigenvalue weighted by atomic mass is 10.2. The van der Waals surface area contributed by atoms with E-state index in [1.807, 2.05) is 0 Å². The Morgan fingerprint density at radius 1 is 1.14 bits per heavy atom. The standard InChI is InChI=1S/C13H10ClF2NO3S/c14-9-1-3-11(16)8(5-9)7-20-12-4-2-10(15)6-13(12)21(17,18)19/h1-6H,7H2,(H2,17,18,19). The summed E-state index contributed by atoms with van der Waals surface area (Å²) in [6.45, 7) is -0.277. The summed E-state index contributed by atoms with van der Waals surface area (Å²) in [7, 11) is -4.16. The molecule has 2 rings (SSSR count). The molecule has 112 valence electrons. The van der Waals surface area contributed by atoms with E-state index in [-0.39, 0.29) is 17.9 Å². The molecule has 2 aromatic rings. The normalized spacial score (nSPS) is 11.4. The first kappa shape index (κ1) is 15.7. The Kier molecular flexibility index (Phi) is 4.46. The number of primary sulfonamides is 1. The van der Waals surface area contributed by atoms with Crippen molar-refractivity contribution in [2.24, 2.45) is 5.14 Å². The van der Waals surface area contributed by atoms with Gasteiger partial charge in [-0.1, -0.05) is 11.6 Å². The molecule has 4 nitrogen and oxygen atoms in total. The minimum Gasteiger partial charge on any atom is -0.487 e. The predicted octanol–water partition coefficient (Wildman–Crippen LogP) is 2.84. The maximum absolute atomic E-state index is 13.5. The van der Waals surface area contributed by atoms with Crippen LogP contribution in [0.3, 0.4) is 0 Å². The lowest BCUT2D eigenvalue weighted by Crippen LogP contribution is -2.14. The fourth-order valence-electron chi connectivity index (χ4n) is 1.63. The van der Waals surface area contributed by atoms with Gasteiger partial charge in [0, 0.05) is 10.6 Å². The summed E-state index contributed by atoms with van der Waals surface area (Å²) in [5, 5.41) is 5.29. The minimum absolute atomic E-state index is 0.132. The lowest BCUT2D eigenvalue weighted by molar-refractivity contribution is 0.291. The van der Waals surface area contributed by atoms with Gasteiger partial charge in [-0.25, -0.2) is 22.3 Å². The number of nitrogens with two attached hydrogens (primary N) is 1. The van der Waals surface area contributed by atoms with Crippen LogP contribution in [0.5, 0.6) is 5.75 Å². The van der Waals surface area contributed by atoms with Crippen LogP contribution >= 0.6 is 11.6 Å². The first-order chi connectivity index (χ1) is 9.77. The molecule has 0 bridgehead atoms. The lowest BCUT2D eigenvalue weighted by Gasteiger charge is -2.11. The zero-order valence-corrected chi connectivity index (χ0v) is 12.1. The summed E-state index contributed by atoms with van der Waals surface area (Å²) < 4.78 is 54.6. The second kappa shape index (κ2) is 5.97. The summed E-state index contributed by atoms with van der Waals surface area (Å²) in [6.07, 6.45) is 0. The van der Waals surface area contributed by atoms with Crippen molar-refractivity contribution in [3.05, 3.63) is 58.6 Å². The molecule has 0 saturated carbocycles. The van der Waals surface area contributed by atoms with E-state index < -0.39 is 26.6 Å². The Balaban J connectivity index is 2.30. The van der Waals surface area contributed by atoms with Gasteiger partial charge in [0.1, 0.15) is 28.9 Å². The highest BCUT2D eigenvalue weighted by Gasteiger charge is 2.17. The van der Waals surface area contributed by atoms with Crippen molar-refractivity contribution in [3.63, 3.8) is 0 Å². The van der Waals surface area contributed by atoms with Crippen LogP contribution in [0.15, 0.2) is 41.3 Å². The van der Waals surface area contributed by atoms with E-state index in [0.717, 1.165) is 24.3 Å². The van der Waals surface area contributed by atoms with Gasteiger partial charge in [-0.15, -0.1) is 0 Å². The van der Waals surface area contributed by atoms with E-state index in [1.165, 1.54) is 12.1 Å². The molecule has 0 aliphatic heterocycles. The zero-order valence-electron chi connectivity index (χ0n) is 10.5. The van der Waals surface area contributed by atoms with E-state index in [2.05, 4.69) is 0 Å². The molecule has 0 heterocycles. The number of halogens is 3. The molecule has 0 fully saturated rings. The van der Waals surface area contributed by atoms with Crippen LogP contribution < -0.4 is 9.88 Å². The highest BCUT2D eigenvalue weighted by molar-refractivity contribution is 7.89. The SMILES string of the molecule is NS(=O)(=O)c1cc(F)ccc1OCc1cc(Cl)ccc1F. The number of rotatable bonds is 4. The van der Waals surface area contributed by atoms with Crippen LogP contribution in [-0.4, -0.2) is 8.42 Å². The molecule has 0 atom stereocenters. The molecule has 0 amide bonds. The van der Waals surface area contributed by atoms with E-state index in [9.17, 15) is 17.2 Å². The monoisotopic (exact) mass is 333 g/mol. The van der Waals surface area contributed by atoms with Gasteiger partial charge >= 0.3 is 0 Å². The summed E-state index contributed by atoms with van der Waals surface area (Å²) >= 11 is 5.74. The highest BCUT2D eigenvalue weighted by Crippen LogP contribution is 2.25. The van der Waals surface area contributed by atoms with Gasteiger partial charge in [0.25, 0.3) is 0 Å². The van der Waals surface area contributed by atoms with Gasteiger partial charge in [0.15, 0.2) is 0 Å². The van der Waals surface area contributed by atoms with Crippen molar-refractivity contribution in [2.45, 2.75) is 11.5 Å². The molecule has 0 aliphatic rings. The molecule has 0 unspecified atom stereocenters. The quantitative estimate of drug-likeness (QED) is 0.935. The highest BCUT2D eigenvalue weighted by atomic mass is 35.5. The van der Waals surface area contributed by atoms with Gasteiger partial charge in [-0.3, -0.25) is 0 Å². The Hall–Kier alpha value is -1.70. The molecule has 0 aromatic heterocycles. The number of benzene rings is 2. The molecule has 2 N–H and O–H groups in total. The van der Waals surface area contributed by atoms with Crippen LogP contribution in [0, 0.1) is 11.6 Å². The van der Waals surface area contributed by atoms with E-state index in [0.29, 0.717) is 5.02 Å². The average Bonchev–Trinajstić information content (AvgIpc) is 2.40. The predicted molar refractivity (Wildman–Crippen MR) is 73.5 cm³/mol. The van der Waals surface area contributed by atoms with Gasteiger partial charge in [-0.2, -0.15) is 0 Å². The fraction of sp³-hybridized carbons (Fsp3) is 0.0769. The Morgan fingerprint density at radius 2 is 1.86 bits per heavy atom. The van der Waals surface area contributed by atoms with E-state index in [1.54, 1.807) is 0 Å². The molecule has 8 heteroatoms. The fourth-order valence-corrected chi connectivity index (χ4v) is 2.51. The van der Waals surface area contributed by atoms with Crippen molar-refractivity contribution in [1.82, 2.24) is 0 Å². The molecule has 2 aromatic carbocycles. The Bertz CT molecular complexity index is 781. The van der Waals surface area contributed by atoms with Crippen LogP contribution in [0.4, 0.5) is 8.78 Å². The zero-order chi connectivity index (χ0) is 15.6. The van der Waals surface area contributed by atoms with Crippen LogP contribution in [0.2, 0.25) is 5.02 Å². The van der Waals surface area contributed by atoms with Crippen molar-refractivity contribution < 1.29 is 21.9 Å². The third-order valence-corrected chi connectivity index (χ3v) is 3.77. The van der Waals surface area contributed by atoms with E-state index in [4.69, 9.17) is 21.5 Å². The second-order valence-electron chi connectivity index (χ2n) is 4.16. The van der Waals surface area contributed by atoms with Crippen LogP contribution in [-0.2, 0) is 16.6 Å². The number of hydrogen-bond acceptors (Lipinski definition) is 3. The van der Waals surface area contributed by atoms with Crippen LogP contribution in [0.25, 0.3) is 0 Å². The van der Waals surface area contributed by atoms with Gasteiger partial charge < -0.3 is 4.74 Å². The molecule has 0 aliphatic carbocycles. The van der Waals surface area contributed by atoms with Gasteiger partial charge in [0.2, 0.25) is 10.0 Å². The van der Waals surface area contributed by atoms with Crippen molar-refractivity contribution >= 4 is 21.6 Å². The molecule has 0 saturated heterocycles. The van der Waals surface area contributed by atoms with Crippen molar-refractivity contribution in [1.29, 1.82) is 0 Å². The topological polar surface area (TPSA) is 69.4 Å². The average molecular weight is 334 g/mol. The van der Waals surface area contributed by atoms with Gasteiger partial charge in [0.05, 0.1) is 0 Å². The van der Waals surface area contributed by atoms with Crippen molar-refractivity contribution in [3.8, 4) is 5.75 Å². The molecular weight excluding hydrogens is 324 g/mol. The maximum atomic E-state index is 13.5. The Morgan fingerprint density at radius 3 is 2.52 bits per heavy atom. The molecule has 0 radical (unpaired) electrons. The molecule has 21 heavy (non-hydrogen) atoms. The third-order valence-electron chi connectivity index (χ3n) is 2.60. The maximum Gasteiger partial charge on any atom is 0.241 e. The summed E-state index contributed by atoms with van der Waals surface area (Å²) in [4.78, 5) is -0.509. The number of hydrogen-bond donors (Lipinski definition) is 1. The first-order valence-electron chi connectivity index (χ1n) is 5.66. The minimum atomic E-state index is -4.16. The van der Waals surface area contributed by atoms with Crippen molar-refractivity contribution in [2.75, 3.05) is 0 Å². The van der Waals surface area contributed by atoms with E-state index >= 15 is 0 Å². The number of sulfonamides is 1. The Labute approximate surface area is 125 Å². The summed E-state index contributed by atoms with van der Waals surface area (Å²) in [5.74, 6) is -1.50. The molecule has 0 spiro atoms. The van der Waals surface area contributed by atoms with Crippen LogP contribution in [0.1, 0.15) is 5.56 Å². The third kappa shape index (κ3) is 3.90. The summed E-state index contributed by atoms with van der Waals surface area (Å²) in [6, 6.07) is 6.73. The summed E-state index contributed by atoms with van der Waals surface area (Å²) in [5.41, 5.74) is 0.132. The number of ether oxygens (including phenoxy) is 1. The second-order valence-corrected chi connectivity index (χ2v) is 6.13. The first-order valence-corrected chi connectivity index (χ1v) is 7.59. The largest absolute Gasteiger partial charge is 0.487 e. The van der Waals surface area contributed by atoms with Gasteiger partial charge in [-0.05, 0) is 36.4 Å². The smallest absolute Gasteiger partial charge is 0.241 e. The molecular formula is C13H10ClF2NO3S.